The van der Waals surface area contributed by atoms with E-state index in [1.165, 1.54) is 7.11 Å². The van der Waals surface area contributed by atoms with E-state index in [0.717, 1.165) is 34.0 Å². The molecule has 0 bridgehead atoms. The van der Waals surface area contributed by atoms with Crippen molar-refractivity contribution < 1.29 is 19.1 Å². The molecule has 1 aromatic heterocycles. The Morgan fingerprint density at radius 1 is 1.25 bits per heavy atom. The van der Waals surface area contributed by atoms with Crippen molar-refractivity contribution in [1.29, 1.82) is 0 Å². The topological polar surface area (TPSA) is 60.8 Å². The molecule has 28 heavy (non-hydrogen) atoms. The lowest BCUT2D eigenvalue weighted by atomic mass is 10.1. The van der Waals surface area contributed by atoms with Crippen LogP contribution in [-0.4, -0.2) is 41.3 Å². The summed E-state index contributed by atoms with van der Waals surface area (Å²) in [4.78, 5) is 27.2. The summed E-state index contributed by atoms with van der Waals surface area (Å²) in [6.45, 7) is 4.35. The minimum Gasteiger partial charge on any atom is -0.497 e. The Kier molecular flexibility index (Phi) is 6.03. The first-order valence-corrected chi connectivity index (χ1v) is 10.2. The van der Waals surface area contributed by atoms with E-state index in [0.29, 0.717) is 18.5 Å². The molecule has 1 fully saturated rings. The summed E-state index contributed by atoms with van der Waals surface area (Å²) in [6, 6.07) is 7.72. The molecule has 1 amide bonds. The molecule has 0 N–H and O–H groups in total. The summed E-state index contributed by atoms with van der Waals surface area (Å²) in [5.41, 5.74) is 4.24. The number of aromatic nitrogens is 1. The normalized spacial score (nSPS) is 17.0. The molecule has 1 unspecified atom stereocenters. The predicted molar refractivity (Wildman–Crippen MR) is 110 cm³/mol. The number of carbonyl (C=O) groups excluding carboxylic acids is 2. The number of benzene rings is 1. The van der Waals surface area contributed by atoms with Gasteiger partial charge in [0.2, 0.25) is 5.91 Å². The number of carbonyl (C=O) groups is 2. The molecule has 1 aliphatic heterocycles. The largest absolute Gasteiger partial charge is 0.497 e. The Morgan fingerprint density at radius 2 is 2.00 bits per heavy atom. The average molecular weight is 403 g/mol. The van der Waals surface area contributed by atoms with Gasteiger partial charge in [-0.3, -0.25) is 4.79 Å². The molecule has 3 rings (SSSR count). The van der Waals surface area contributed by atoms with Crippen LogP contribution in [0.4, 0.5) is 0 Å². The zero-order valence-electron chi connectivity index (χ0n) is 16.9. The molecular weight excluding hydrogens is 376 g/mol. The Bertz CT molecular complexity index is 906. The quantitative estimate of drug-likeness (QED) is 0.715. The summed E-state index contributed by atoms with van der Waals surface area (Å²) < 4.78 is 12.3. The molecule has 1 aliphatic rings. The Balaban J connectivity index is 2.05. The number of ether oxygens (including phenoxy) is 2. The lowest BCUT2D eigenvalue weighted by molar-refractivity contribution is -0.132. The minimum atomic E-state index is -0.365. The summed E-state index contributed by atoms with van der Waals surface area (Å²) in [6.07, 6.45) is 0.490. The van der Waals surface area contributed by atoms with Crippen LogP contribution in [0.1, 0.15) is 44.7 Å². The van der Waals surface area contributed by atoms with E-state index in [1.807, 2.05) is 54.6 Å². The van der Waals surface area contributed by atoms with Gasteiger partial charge in [-0.25, -0.2) is 4.79 Å². The summed E-state index contributed by atoms with van der Waals surface area (Å²) in [5.74, 6) is 1.21. The van der Waals surface area contributed by atoms with Gasteiger partial charge in [-0.2, -0.15) is 0 Å². The third-order valence-electron chi connectivity index (χ3n) is 5.35. The summed E-state index contributed by atoms with van der Waals surface area (Å²) in [7, 11) is 4.95. The lowest BCUT2D eigenvalue weighted by Gasteiger charge is -2.36. The number of hydrogen-bond donors (Lipinski definition) is 0. The molecule has 150 valence electrons. The van der Waals surface area contributed by atoms with Crippen LogP contribution in [0.3, 0.4) is 0 Å². The Morgan fingerprint density at radius 3 is 2.68 bits per heavy atom. The highest BCUT2D eigenvalue weighted by atomic mass is 32.2. The van der Waals surface area contributed by atoms with E-state index in [4.69, 9.17) is 9.47 Å². The van der Waals surface area contributed by atoms with Gasteiger partial charge in [-0.1, -0.05) is 12.1 Å². The first-order valence-electron chi connectivity index (χ1n) is 9.17. The fourth-order valence-electron chi connectivity index (χ4n) is 3.64. The minimum absolute atomic E-state index is 0.0864. The number of methoxy groups -OCH3 is 2. The maximum atomic E-state index is 12.8. The second-order valence-electron chi connectivity index (χ2n) is 6.86. The number of nitrogens with zero attached hydrogens (tertiary/aromatic N) is 2. The maximum absolute atomic E-state index is 12.8. The van der Waals surface area contributed by atoms with Crippen molar-refractivity contribution in [2.24, 2.45) is 7.05 Å². The van der Waals surface area contributed by atoms with Gasteiger partial charge in [0.1, 0.15) is 11.1 Å². The lowest BCUT2D eigenvalue weighted by Crippen LogP contribution is -2.37. The smallest absolute Gasteiger partial charge is 0.340 e. The van der Waals surface area contributed by atoms with Crippen molar-refractivity contribution in [3.63, 3.8) is 0 Å². The van der Waals surface area contributed by atoms with Crippen molar-refractivity contribution >= 4 is 23.6 Å². The fourth-order valence-corrected chi connectivity index (χ4v) is 4.98. The van der Waals surface area contributed by atoms with Gasteiger partial charge in [0.05, 0.1) is 19.8 Å². The molecule has 2 aromatic rings. The van der Waals surface area contributed by atoms with Crippen LogP contribution in [0.15, 0.2) is 24.3 Å². The van der Waals surface area contributed by atoms with Gasteiger partial charge >= 0.3 is 5.97 Å². The van der Waals surface area contributed by atoms with Crippen LogP contribution < -0.4 is 4.74 Å². The first-order chi connectivity index (χ1) is 13.4. The third-order valence-corrected chi connectivity index (χ3v) is 6.59. The summed E-state index contributed by atoms with van der Waals surface area (Å²) in [5, 5.41) is -0.235. The summed E-state index contributed by atoms with van der Waals surface area (Å²) >= 11 is 1.69. The van der Waals surface area contributed by atoms with E-state index < -0.39 is 0 Å². The monoisotopic (exact) mass is 402 g/mol. The van der Waals surface area contributed by atoms with Crippen LogP contribution in [-0.2, 0) is 23.1 Å². The standard InChI is InChI=1S/C21H26N2O4S/c1-13-18(19(21(25)27-5)14(2)22(13)3)20-23(17(24)9-10-28-20)12-15-7-6-8-16(11-15)26-4/h6-8,11,20H,9-10,12H2,1-5H3. The van der Waals surface area contributed by atoms with Crippen LogP contribution in [0, 0.1) is 13.8 Å². The van der Waals surface area contributed by atoms with Crippen molar-refractivity contribution in [3.05, 3.63) is 52.3 Å². The molecule has 0 aliphatic carbocycles. The Hall–Kier alpha value is -2.41. The van der Waals surface area contributed by atoms with E-state index in [2.05, 4.69) is 0 Å². The highest BCUT2D eigenvalue weighted by Gasteiger charge is 2.36. The molecule has 0 spiro atoms. The van der Waals surface area contributed by atoms with Gasteiger partial charge in [-0.05, 0) is 31.5 Å². The molecule has 2 heterocycles. The third kappa shape index (κ3) is 3.63. The van der Waals surface area contributed by atoms with E-state index in [-0.39, 0.29) is 17.3 Å². The van der Waals surface area contributed by atoms with Gasteiger partial charge in [0.15, 0.2) is 0 Å². The second kappa shape index (κ2) is 8.31. The molecule has 1 atom stereocenters. The number of esters is 1. The van der Waals surface area contributed by atoms with Crippen LogP contribution in [0.25, 0.3) is 0 Å². The number of thioether (sulfide) groups is 1. The van der Waals surface area contributed by atoms with E-state index >= 15 is 0 Å². The van der Waals surface area contributed by atoms with Gasteiger partial charge in [0, 0.05) is 42.7 Å². The number of rotatable bonds is 5. The van der Waals surface area contributed by atoms with Crippen molar-refractivity contribution in [1.82, 2.24) is 9.47 Å². The van der Waals surface area contributed by atoms with Crippen LogP contribution in [0.2, 0.25) is 0 Å². The molecule has 6 nitrogen and oxygen atoms in total. The average Bonchev–Trinajstić information content (AvgIpc) is 2.93. The van der Waals surface area contributed by atoms with Crippen molar-refractivity contribution in [2.45, 2.75) is 32.2 Å². The van der Waals surface area contributed by atoms with Gasteiger partial charge in [0.25, 0.3) is 0 Å². The molecule has 7 heteroatoms. The zero-order chi connectivity index (χ0) is 20.4. The first kappa shape index (κ1) is 20.3. The zero-order valence-corrected chi connectivity index (χ0v) is 17.8. The maximum Gasteiger partial charge on any atom is 0.340 e. The van der Waals surface area contributed by atoms with Crippen LogP contribution in [0.5, 0.6) is 5.75 Å². The highest BCUT2D eigenvalue weighted by Crippen LogP contribution is 2.43. The Labute approximate surface area is 169 Å². The van der Waals surface area contributed by atoms with Gasteiger partial charge in [-0.15, -0.1) is 11.8 Å². The highest BCUT2D eigenvalue weighted by molar-refractivity contribution is 7.99. The van der Waals surface area contributed by atoms with Crippen molar-refractivity contribution in [2.75, 3.05) is 20.0 Å². The van der Waals surface area contributed by atoms with E-state index in [1.54, 1.807) is 18.9 Å². The van der Waals surface area contributed by atoms with E-state index in [9.17, 15) is 9.59 Å². The van der Waals surface area contributed by atoms with Crippen molar-refractivity contribution in [3.8, 4) is 5.75 Å². The van der Waals surface area contributed by atoms with Crippen LogP contribution >= 0.6 is 11.8 Å². The second-order valence-corrected chi connectivity index (χ2v) is 8.04. The number of amides is 1. The SMILES string of the molecule is COC(=O)c1c(C2SCCC(=O)N2Cc2cccc(OC)c2)c(C)n(C)c1C. The molecule has 0 radical (unpaired) electrons. The number of hydrogen-bond acceptors (Lipinski definition) is 5. The predicted octanol–water partition coefficient (Wildman–Crippen LogP) is 3.60. The molecule has 1 aromatic carbocycles. The van der Waals surface area contributed by atoms with Gasteiger partial charge < -0.3 is 18.9 Å². The molecule has 0 saturated carbocycles. The fraction of sp³-hybridized carbons (Fsp3) is 0.429. The molecular formula is C21H26N2O4S. The molecule has 1 saturated heterocycles.